The molecule has 1 heterocycles. The molecule has 116 valence electrons. The van der Waals surface area contributed by atoms with Crippen LogP contribution < -0.4 is 10.6 Å². The second kappa shape index (κ2) is 6.57. The lowest BCUT2D eigenvalue weighted by Crippen LogP contribution is -2.12. The Bertz CT molecular complexity index is 633. The maximum absolute atomic E-state index is 6.53. The van der Waals surface area contributed by atoms with Crippen LogP contribution in [0.4, 0.5) is 17.2 Å². The molecule has 1 aliphatic carbocycles. The predicted molar refractivity (Wildman–Crippen MR) is 94.0 cm³/mol. The Hall–Kier alpha value is -1.74. The molecule has 0 aliphatic heterocycles. The van der Waals surface area contributed by atoms with Crippen LogP contribution in [0.25, 0.3) is 0 Å². The Morgan fingerprint density at radius 3 is 2.55 bits per heavy atom. The van der Waals surface area contributed by atoms with Gasteiger partial charge >= 0.3 is 0 Å². The number of nitrogens with two attached hydrogens (primary N) is 1. The molecule has 3 nitrogen and oxygen atoms in total. The van der Waals surface area contributed by atoms with Gasteiger partial charge in [0.15, 0.2) is 0 Å². The van der Waals surface area contributed by atoms with Crippen molar-refractivity contribution in [2.24, 2.45) is 0 Å². The molecule has 3 rings (SSSR count). The van der Waals surface area contributed by atoms with Gasteiger partial charge in [-0.3, -0.25) is 0 Å². The molecule has 1 fully saturated rings. The van der Waals surface area contributed by atoms with Crippen LogP contribution in [-0.2, 0) is 0 Å². The number of hydrogen-bond donors (Lipinski definition) is 1. The van der Waals surface area contributed by atoms with Gasteiger partial charge < -0.3 is 10.6 Å². The molecular weight excluding hydrogens is 294 g/mol. The summed E-state index contributed by atoms with van der Waals surface area (Å²) in [5, 5.41) is 0.782. The monoisotopic (exact) mass is 315 g/mol. The van der Waals surface area contributed by atoms with Gasteiger partial charge in [0.05, 0.1) is 22.6 Å². The van der Waals surface area contributed by atoms with Crippen LogP contribution in [0.15, 0.2) is 36.5 Å². The van der Waals surface area contributed by atoms with Crippen molar-refractivity contribution in [1.29, 1.82) is 0 Å². The summed E-state index contributed by atoms with van der Waals surface area (Å²) in [6.07, 6.45) is 8.26. The van der Waals surface area contributed by atoms with Crippen LogP contribution in [0.1, 0.15) is 43.6 Å². The number of benzene rings is 1. The molecule has 2 N–H and O–H groups in total. The van der Waals surface area contributed by atoms with E-state index in [1.807, 2.05) is 24.1 Å². The topological polar surface area (TPSA) is 42.1 Å². The number of halogens is 1. The Balaban J connectivity index is 1.83. The molecule has 2 aromatic rings. The Morgan fingerprint density at radius 2 is 1.91 bits per heavy atom. The van der Waals surface area contributed by atoms with Gasteiger partial charge in [0.1, 0.15) is 5.82 Å². The van der Waals surface area contributed by atoms with Crippen molar-refractivity contribution < 1.29 is 0 Å². The van der Waals surface area contributed by atoms with Crippen molar-refractivity contribution in [3.63, 3.8) is 0 Å². The van der Waals surface area contributed by atoms with Crippen LogP contribution in [0, 0.1) is 0 Å². The molecule has 0 radical (unpaired) electrons. The molecule has 4 heteroatoms. The number of rotatable bonds is 3. The first-order chi connectivity index (χ1) is 10.6. The van der Waals surface area contributed by atoms with E-state index in [0.29, 0.717) is 11.6 Å². The highest BCUT2D eigenvalue weighted by atomic mass is 35.5. The minimum Gasteiger partial charge on any atom is -0.397 e. The van der Waals surface area contributed by atoms with E-state index in [-0.39, 0.29) is 0 Å². The van der Waals surface area contributed by atoms with Crippen molar-refractivity contribution in [3.05, 3.63) is 47.1 Å². The highest BCUT2D eigenvalue weighted by Crippen LogP contribution is 2.37. The minimum atomic E-state index is 0.663. The molecule has 1 aromatic heterocycles. The number of hydrogen-bond acceptors (Lipinski definition) is 3. The fourth-order valence-electron chi connectivity index (χ4n) is 3.20. The highest BCUT2D eigenvalue weighted by Gasteiger charge is 2.17. The van der Waals surface area contributed by atoms with Crippen molar-refractivity contribution in [1.82, 2.24) is 4.98 Å². The van der Waals surface area contributed by atoms with E-state index in [1.165, 1.54) is 37.7 Å². The predicted octanol–water partition coefficient (Wildman–Crippen LogP) is 5.13. The number of aromatic nitrogens is 1. The maximum atomic E-state index is 6.53. The zero-order chi connectivity index (χ0) is 15.5. The minimum absolute atomic E-state index is 0.663. The van der Waals surface area contributed by atoms with E-state index in [1.54, 1.807) is 6.20 Å². The SMILES string of the molecule is CN(c1ccc(N)cn1)c1ccc(C2CCCCC2)cc1Cl. The number of anilines is 3. The summed E-state index contributed by atoms with van der Waals surface area (Å²) in [6, 6.07) is 10.2. The van der Waals surface area contributed by atoms with Gasteiger partial charge in [0.25, 0.3) is 0 Å². The Morgan fingerprint density at radius 1 is 1.14 bits per heavy atom. The molecule has 0 spiro atoms. The molecule has 1 aliphatic rings. The summed E-state index contributed by atoms with van der Waals surface area (Å²) >= 11 is 6.53. The molecule has 22 heavy (non-hydrogen) atoms. The first kappa shape index (κ1) is 15.2. The molecule has 1 saturated carbocycles. The van der Waals surface area contributed by atoms with Crippen LogP contribution in [0.3, 0.4) is 0 Å². The molecule has 0 unspecified atom stereocenters. The van der Waals surface area contributed by atoms with Crippen molar-refractivity contribution in [3.8, 4) is 0 Å². The average molecular weight is 316 g/mol. The van der Waals surface area contributed by atoms with Gasteiger partial charge in [-0.25, -0.2) is 4.98 Å². The summed E-state index contributed by atoms with van der Waals surface area (Å²) in [5.41, 5.74) is 8.69. The zero-order valence-electron chi connectivity index (χ0n) is 12.9. The lowest BCUT2D eigenvalue weighted by atomic mass is 9.84. The van der Waals surface area contributed by atoms with Crippen molar-refractivity contribution >= 4 is 28.8 Å². The fourth-order valence-corrected chi connectivity index (χ4v) is 3.52. The molecule has 0 atom stereocenters. The Kier molecular flexibility index (Phi) is 4.53. The van der Waals surface area contributed by atoms with Crippen LogP contribution >= 0.6 is 11.6 Å². The van der Waals surface area contributed by atoms with E-state index < -0.39 is 0 Å². The second-order valence-electron chi connectivity index (χ2n) is 6.05. The standard InChI is InChI=1S/C18H22ClN3/c1-22(18-10-8-15(20)12-21-18)17-9-7-14(11-16(17)19)13-5-3-2-4-6-13/h7-13H,2-6,20H2,1H3. The normalized spacial score (nSPS) is 15.7. The maximum Gasteiger partial charge on any atom is 0.132 e. The van der Waals surface area contributed by atoms with Crippen LogP contribution in [-0.4, -0.2) is 12.0 Å². The average Bonchev–Trinajstić information content (AvgIpc) is 2.56. The third-order valence-electron chi connectivity index (χ3n) is 4.52. The van der Waals surface area contributed by atoms with E-state index in [0.717, 1.165) is 16.5 Å². The number of nitrogens with zero attached hydrogens (tertiary/aromatic N) is 2. The van der Waals surface area contributed by atoms with E-state index in [9.17, 15) is 0 Å². The fraction of sp³-hybridized carbons (Fsp3) is 0.389. The smallest absolute Gasteiger partial charge is 0.132 e. The van der Waals surface area contributed by atoms with Crippen LogP contribution in [0.2, 0.25) is 5.02 Å². The molecule has 1 aromatic carbocycles. The van der Waals surface area contributed by atoms with Gasteiger partial charge in [-0.1, -0.05) is 36.9 Å². The van der Waals surface area contributed by atoms with Gasteiger partial charge in [-0.2, -0.15) is 0 Å². The third kappa shape index (κ3) is 3.20. The first-order valence-corrected chi connectivity index (χ1v) is 8.27. The summed E-state index contributed by atoms with van der Waals surface area (Å²) in [6.45, 7) is 0. The quantitative estimate of drug-likeness (QED) is 0.853. The molecule has 0 bridgehead atoms. The van der Waals surface area contributed by atoms with Gasteiger partial charge in [-0.15, -0.1) is 0 Å². The molecular formula is C18H22ClN3. The second-order valence-corrected chi connectivity index (χ2v) is 6.46. The lowest BCUT2D eigenvalue weighted by Gasteiger charge is -2.24. The van der Waals surface area contributed by atoms with E-state index >= 15 is 0 Å². The molecule has 0 saturated heterocycles. The lowest BCUT2D eigenvalue weighted by molar-refractivity contribution is 0.443. The van der Waals surface area contributed by atoms with Gasteiger partial charge in [-0.05, 0) is 48.6 Å². The van der Waals surface area contributed by atoms with E-state index in [4.69, 9.17) is 17.3 Å². The first-order valence-electron chi connectivity index (χ1n) is 7.90. The van der Waals surface area contributed by atoms with Crippen LogP contribution in [0.5, 0.6) is 0 Å². The zero-order valence-corrected chi connectivity index (χ0v) is 13.7. The third-order valence-corrected chi connectivity index (χ3v) is 4.83. The summed E-state index contributed by atoms with van der Waals surface area (Å²) in [7, 11) is 1.97. The van der Waals surface area contributed by atoms with E-state index in [2.05, 4.69) is 23.2 Å². The largest absolute Gasteiger partial charge is 0.397 e. The number of pyridine rings is 1. The van der Waals surface area contributed by atoms with Crippen molar-refractivity contribution in [2.45, 2.75) is 38.0 Å². The summed E-state index contributed by atoms with van der Waals surface area (Å²) in [4.78, 5) is 6.34. The summed E-state index contributed by atoms with van der Waals surface area (Å²) in [5.74, 6) is 1.50. The highest BCUT2D eigenvalue weighted by molar-refractivity contribution is 6.33. The van der Waals surface area contributed by atoms with Gasteiger partial charge in [0.2, 0.25) is 0 Å². The Labute approximate surface area is 137 Å². The number of nitrogen functional groups attached to an aromatic ring is 1. The van der Waals surface area contributed by atoms with Crippen molar-refractivity contribution in [2.75, 3.05) is 17.7 Å². The summed E-state index contributed by atoms with van der Waals surface area (Å²) < 4.78 is 0. The molecule has 0 amide bonds. The van der Waals surface area contributed by atoms with Gasteiger partial charge in [0, 0.05) is 7.05 Å².